The van der Waals surface area contributed by atoms with Gasteiger partial charge >= 0.3 is 0 Å². The molecule has 0 radical (unpaired) electrons. The Kier molecular flexibility index (Phi) is 5.81. The Hall–Kier alpha value is -3.21. The lowest BCUT2D eigenvalue weighted by atomic mass is 9.97. The Morgan fingerprint density at radius 1 is 1.00 bits per heavy atom. The summed E-state index contributed by atoms with van der Waals surface area (Å²) in [6.45, 7) is 1.91. The zero-order valence-electron chi connectivity index (χ0n) is 14.9. The van der Waals surface area contributed by atoms with Crippen LogP contribution in [0.25, 0.3) is 0 Å². The van der Waals surface area contributed by atoms with Gasteiger partial charge in [-0.2, -0.15) is 0 Å². The molecule has 1 amide bonds. The van der Waals surface area contributed by atoms with Crippen LogP contribution in [0.4, 0.5) is 4.39 Å². The van der Waals surface area contributed by atoms with Crippen molar-refractivity contribution in [3.8, 4) is 0 Å². The summed E-state index contributed by atoms with van der Waals surface area (Å²) in [4.78, 5) is 25.4. The number of ketones is 1. The van der Waals surface area contributed by atoms with Crippen molar-refractivity contribution in [2.45, 2.75) is 25.8 Å². The molecule has 4 nitrogen and oxygen atoms in total. The van der Waals surface area contributed by atoms with E-state index in [4.69, 9.17) is 4.42 Å². The minimum Gasteiger partial charge on any atom is -0.469 e. The number of carbonyl (C=O) groups excluding carboxylic acids is 2. The number of aryl methyl sites for hydroxylation is 1. The van der Waals surface area contributed by atoms with Crippen molar-refractivity contribution in [2.24, 2.45) is 0 Å². The Balaban J connectivity index is 1.71. The summed E-state index contributed by atoms with van der Waals surface area (Å²) in [7, 11) is 0. The average Bonchev–Trinajstić information content (AvgIpc) is 3.20. The van der Waals surface area contributed by atoms with Crippen molar-refractivity contribution in [1.29, 1.82) is 0 Å². The quantitative estimate of drug-likeness (QED) is 0.631. The summed E-state index contributed by atoms with van der Waals surface area (Å²) in [5, 5.41) is 2.92. The van der Waals surface area contributed by atoms with Gasteiger partial charge in [0.15, 0.2) is 5.78 Å². The number of carbonyl (C=O) groups is 2. The van der Waals surface area contributed by atoms with E-state index in [1.54, 1.807) is 30.5 Å². The zero-order valence-corrected chi connectivity index (χ0v) is 14.9. The summed E-state index contributed by atoms with van der Waals surface area (Å²) in [6.07, 6.45) is 3.05. The molecule has 0 fully saturated rings. The highest BCUT2D eigenvalue weighted by atomic mass is 19.1. The maximum absolute atomic E-state index is 13.1. The summed E-state index contributed by atoms with van der Waals surface area (Å²) in [5.41, 5.74) is 0.930. The van der Waals surface area contributed by atoms with E-state index in [1.165, 1.54) is 24.3 Å². The van der Waals surface area contributed by atoms with Gasteiger partial charge in [-0.3, -0.25) is 9.59 Å². The average molecular weight is 365 g/mol. The van der Waals surface area contributed by atoms with Crippen LogP contribution < -0.4 is 5.32 Å². The smallest absolute Gasteiger partial charge is 0.252 e. The minimum absolute atomic E-state index is 0.0865. The van der Waals surface area contributed by atoms with E-state index < -0.39 is 5.82 Å². The molecule has 0 aliphatic carbocycles. The summed E-state index contributed by atoms with van der Waals surface area (Å²) in [6, 6.07) is 15.6. The molecule has 0 unspecified atom stereocenters. The van der Waals surface area contributed by atoms with Gasteiger partial charge in [-0.05, 0) is 55.8 Å². The van der Waals surface area contributed by atoms with Crippen LogP contribution in [0.1, 0.15) is 45.4 Å². The maximum atomic E-state index is 13.1. The molecule has 0 spiro atoms. The van der Waals surface area contributed by atoms with Gasteiger partial charge in [0.1, 0.15) is 11.6 Å². The number of nitrogens with one attached hydrogen (secondary N) is 1. The molecule has 1 N–H and O–H groups in total. The van der Waals surface area contributed by atoms with Gasteiger partial charge in [-0.25, -0.2) is 4.39 Å². The largest absolute Gasteiger partial charge is 0.469 e. The van der Waals surface area contributed by atoms with Gasteiger partial charge in [0, 0.05) is 23.6 Å². The molecule has 3 aromatic rings. The van der Waals surface area contributed by atoms with Gasteiger partial charge in [0.25, 0.3) is 5.91 Å². The molecule has 0 aliphatic rings. The lowest BCUT2D eigenvalue weighted by Gasteiger charge is -2.15. The van der Waals surface area contributed by atoms with Crippen LogP contribution in [0.5, 0.6) is 0 Å². The summed E-state index contributed by atoms with van der Waals surface area (Å²) in [5.74, 6) is -0.178. The molecule has 0 bridgehead atoms. The summed E-state index contributed by atoms with van der Waals surface area (Å²) >= 11 is 0. The SMILES string of the molecule is C[C@H](CCc1ccco1)NC(=O)c1ccccc1C(=O)c1ccc(F)cc1. The maximum Gasteiger partial charge on any atom is 0.252 e. The molecule has 2 aromatic carbocycles. The molecule has 1 heterocycles. The van der Waals surface area contributed by atoms with Gasteiger partial charge in [-0.1, -0.05) is 18.2 Å². The van der Waals surface area contributed by atoms with Crippen LogP contribution in [0.3, 0.4) is 0 Å². The molecular formula is C22H20FNO3. The standard InChI is InChI=1S/C22H20FNO3/c1-15(8-13-18-5-4-14-27-18)24-22(26)20-7-3-2-6-19(20)21(25)16-9-11-17(23)12-10-16/h2-7,9-12,14-15H,8,13H2,1H3,(H,24,26)/t15-/m1/s1. The van der Waals surface area contributed by atoms with Crippen molar-refractivity contribution >= 4 is 11.7 Å². The molecule has 1 atom stereocenters. The predicted molar refractivity (Wildman–Crippen MR) is 100 cm³/mol. The number of amides is 1. The molecule has 0 saturated heterocycles. The first kappa shape index (κ1) is 18.6. The molecule has 0 aliphatic heterocycles. The van der Waals surface area contributed by atoms with Crippen LogP contribution in [0.15, 0.2) is 71.3 Å². The number of benzene rings is 2. The second-order valence-corrected chi connectivity index (χ2v) is 6.37. The monoisotopic (exact) mass is 365 g/mol. The fourth-order valence-electron chi connectivity index (χ4n) is 2.82. The third-order valence-corrected chi connectivity index (χ3v) is 4.30. The number of hydrogen-bond acceptors (Lipinski definition) is 3. The molecule has 138 valence electrons. The summed E-state index contributed by atoms with van der Waals surface area (Å²) < 4.78 is 18.4. The number of halogens is 1. The van der Waals surface area contributed by atoms with Crippen molar-refractivity contribution in [2.75, 3.05) is 0 Å². The molecule has 1 aromatic heterocycles. The second-order valence-electron chi connectivity index (χ2n) is 6.37. The Bertz CT molecular complexity index is 917. The molecule has 5 heteroatoms. The van der Waals surface area contributed by atoms with Crippen molar-refractivity contribution in [3.63, 3.8) is 0 Å². The van der Waals surface area contributed by atoms with E-state index in [2.05, 4.69) is 5.32 Å². The highest BCUT2D eigenvalue weighted by Gasteiger charge is 2.19. The van der Waals surface area contributed by atoms with Crippen LogP contribution in [0, 0.1) is 5.82 Å². The fraction of sp³-hybridized carbons (Fsp3) is 0.182. The number of hydrogen-bond donors (Lipinski definition) is 1. The highest BCUT2D eigenvalue weighted by molar-refractivity contribution is 6.15. The highest BCUT2D eigenvalue weighted by Crippen LogP contribution is 2.16. The topological polar surface area (TPSA) is 59.3 Å². The first-order valence-electron chi connectivity index (χ1n) is 8.77. The molecule has 27 heavy (non-hydrogen) atoms. The lowest BCUT2D eigenvalue weighted by molar-refractivity contribution is 0.0928. The minimum atomic E-state index is -0.414. The van der Waals surface area contributed by atoms with Gasteiger partial charge in [0.05, 0.1) is 11.8 Å². The molecular weight excluding hydrogens is 345 g/mol. The van der Waals surface area contributed by atoms with E-state index in [-0.39, 0.29) is 17.7 Å². The Morgan fingerprint density at radius 3 is 2.37 bits per heavy atom. The van der Waals surface area contributed by atoms with E-state index >= 15 is 0 Å². The van der Waals surface area contributed by atoms with E-state index in [0.29, 0.717) is 29.5 Å². The fourth-order valence-corrected chi connectivity index (χ4v) is 2.82. The first-order chi connectivity index (χ1) is 13.0. The number of furan rings is 1. The van der Waals surface area contributed by atoms with Crippen LogP contribution in [0.2, 0.25) is 0 Å². The van der Waals surface area contributed by atoms with Crippen molar-refractivity contribution in [3.05, 3.63) is 95.2 Å². The van der Waals surface area contributed by atoms with Crippen LogP contribution in [-0.4, -0.2) is 17.7 Å². The first-order valence-corrected chi connectivity index (χ1v) is 8.77. The number of rotatable bonds is 7. The predicted octanol–water partition coefficient (Wildman–Crippen LogP) is 4.40. The van der Waals surface area contributed by atoms with Crippen molar-refractivity contribution in [1.82, 2.24) is 5.32 Å². The van der Waals surface area contributed by atoms with Crippen LogP contribution >= 0.6 is 0 Å². The third kappa shape index (κ3) is 4.70. The van der Waals surface area contributed by atoms with Crippen LogP contribution in [-0.2, 0) is 6.42 Å². The third-order valence-electron chi connectivity index (χ3n) is 4.30. The van der Waals surface area contributed by atoms with Gasteiger partial charge in [0.2, 0.25) is 0 Å². The van der Waals surface area contributed by atoms with E-state index in [9.17, 15) is 14.0 Å². The van der Waals surface area contributed by atoms with E-state index in [0.717, 1.165) is 5.76 Å². The van der Waals surface area contributed by atoms with Gasteiger partial charge in [-0.15, -0.1) is 0 Å². The van der Waals surface area contributed by atoms with E-state index in [1.807, 2.05) is 19.1 Å². The molecule has 3 rings (SSSR count). The second kappa shape index (κ2) is 8.45. The zero-order chi connectivity index (χ0) is 19.2. The lowest BCUT2D eigenvalue weighted by Crippen LogP contribution is -2.33. The molecule has 0 saturated carbocycles. The van der Waals surface area contributed by atoms with Gasteiger partial charge < -0.3 is 9.73 Å². The normalized spacial score (nSPS) is 11.8. The Labute approximate surface area is 157 Å². The van der Waals surface area contributed by atoms with Crippen molar-refractivity contribution < 1.29 is 18.4 Å². The Morgan fingerprint density at radius 2 is 1.70 bits per heavy atom.